The van der Waals surface area contributed by atoms with Crippen molar-refractivity contribution in [3.05, 3.63) is 71.6 Å². The first kappa shape index (κ1) is 14.4. The van der Waals surface area contributed by atoms with Crippen LogP contribution in [0.25, 0.3) is 11.3 Å². The van der Waals surface area contributed by atoms with E-state index in [9.17, 15) is 4.79 Å². The Morgan fingerprint density at radius 1 is 1.18 bits per heavy atom. The molecular formula is C17H14ClN3O. The molecule has 0 saturated carbocycles. The first-order valence-electron chi connectivity index (χ1n) is 6.84. The van der Waals surface area contributed by atoms with Gasteiger partial charge in [-0.15, -0.1) is 0 Å². The van der Waals surface area contributed by atoms with Crippen LogP contribution in [0.15, 0.2) is 61.1 Å². The summed E-state index contributed by atoms with van der Waals surface area (Å²) in [5, 5.41) is 3.53. The van der Waals surface area contributed by atoms with Crippen molar-refractivity contribution in [2.24, 2.45) is 0 Å². The molecule has 22 heavy (non-hydrogen) atoms. The highest BCUT2D eigenvalue weighted by molar-refractivity contribution is 6.30. The molecule has 0 fully saturated rings. The fraction of sp³-hybridized carbons (Fsp3) is 0.0588. The van der Waals surface area contributed by atoms with Gasteiger partial charge in [0.2, 0.25) is 5.91 Å². The van der Waals surface area contributed by atoms with E-state index in [-0.39, 0.29) is 12.3 Å². The first-order chi connectivity index (χ1) is 10.7. The molecule has 1 amide bonds. The molecule has 0 atom stereocenters. The monoisotopic (exact) mass is 311 g/mol. The van der Waals surface area contributed by atoms with Crippen molar-refractivity contribution >= 4 is 23.2 Å². The summed E-state index contributed by atoms with van der Waals surface area (Å²) in [6.07, 6.45) is 3.65. The van der Waals surface area contributed by atoms with E-state index in [1.54, 1.807) is 24.7 Å². The second-order valence-electron chi connectivity index (χ2n) is 4.90. The molecule has 1 heterocycles. The molecular weight excluding hydrogens is 298 g/mol. The maximum absolute atomic E-state index is 12.1. The summed E-state index contributed by atoms with van der Waals surface area (Å²) in [6, 6.07) is 14.9. The molecule has 2 N–H and O–H groups in total. The quantitative estimate of drug-likeness (QED) is 0.767. The average Bonchev–Trinajstić information content (AvgIpc) is 3.01. The molecule has 0 saturated heterocycles. The number of aromatic amines is 1. The smallest absolute Gasteiger partial charge is 0.228 e. The van der Waals surface area contributed by atoms with Gasteiger partial charge >= 0.3 is 0 Å². The lowest BCUT2D eigenvalue weighted by atomic mass is 10.1. The molecule has 4 nitrogen and oxygen atoms in total. The Labute approximate surface area is 133 Å². The third-order valence-electron chi connectivity index (χ3n) is 3.21. The van der Waals surface area contributed by atoms with Crippen molar-refractivity contribution in [1.29, 1.82) is 0 Å². The summed E-state index contributed by atoms with van der Waals surface area (Å²) in [4.78, 5) is 19.2. The summed E-state index contributed by atoms with van der Waals surface area (Å²) in [5.41, 5.74) is 3.51. The maximum Gasteiger partial charge on any atom is 0.228 e. The van der Waals surface area contributed by atoms with Crippen LogP contribution in [0, 0.1) is 0 Å². The number of imidazole rings is 1. The second kappa shape index (κ2) is 6.45. The summed E-state index contributed by atoms with van der Waals surface area (Å²) in [7, 11) is 0. The van der Waals surface area contributed by atoms with Gasteiger partial charge in [-0.2, -0.15) is 0 Å². The minimum Gasteiger partial charge on any atom is -0.345 e. The van der Waals surface area contributed by atoms with Gasteiger partial charge in [-0.25, -0.2) is 4.98 Å². The van der Waals surface area contributed by atoms with Crippen LogP contribution in [-0.2, 0) is 11.2 Å². The van der Waals surface area contributed by atoms with Gasteiger partial charge < -0.3 is 10.3 Å². The predicted molar refractivity (Wildman–Crippen MR) is 87.8 cm³/mol. The average molecular weight is 312 g/mol. The number of carbonyl (C=O) groups is 1. The van der Waals surface area contributed by atoms with Crippen LogP contribution in [0.5, 0.6) is 0 Å². The molecule has 110 valence electrons. The van der Waals surface area contributed by atoms with Gasteiger partial charge in [0.05, 0.1) is 24.6 Å². The molecule has 2 aromatic carbocycles. The Hall–Kier alpha value is -2.59. The van der Waals surface area contributed by atoms with E-state index in [1.807, 2.05) is 36.4 Å². The number of nitrogens with zero attached hydrogens (tertiary/aromatic N) is 1. The zero-order valence-electron chi connectivity index (χ0n) is 11.7. The number of hydrogen-bond donors (Lipinski definition) is 2. The Bertz CT molecular complexity index is 784. The van der Waals surface area contributed by atoms with Crippen LogP contribution in [0.2, 0.25) is 5.02 Å². The van der Waals surface area contributed by atoms with E-state index in [1.165, 1.54) is 0 Å². The lowest BCUT2D eigenvalue weighted by molar-refractivity contribution is -0.115. The van der Waals surface area contributed by atoms with Gasteiger partial charge in [-0.3, -0.25) is 4.79 Å². The van der Waals surface area contributed by atoms with Crippen molar-refractivity contribution in [2.75, 3.05) is 5.32 Å². The number of amides is 1. The lowest BCUT2D eigenvalue weighted by Crippen LogP contribution is -2.14. The summed E-state index contributed by atoms with van der Waals surface area (Å²) in [6.45, 7) is 0. The fourth-order valence-electron chi connectivity index (χ4n) is 2.22. The van der Waals surface area contributed by atoms with Crippen LogP contribution < -0.4 is 5.32 Å². The van der Waals surface area contributed by atoms with Crippen LogP contribution >= 0.6 is 11.6 Å². The predicted octanol–water partition coefficient (Wildman–Crippen LogP) is 3.91. The molecule has 3 aromatic rings. The molecule has 0 aliphatic rings. The highest BCUT2D eigenvalue weighted by Crippen LogP contribution is 2.20. The number of H-pyrrole nitrogens is 1. The van der Waals surface area contributed by atoms with E-state index in [2.05, 4.69) is 15.3 Å². The number of aromatic nitrogens is 2. The summed E-state index contributed by atoms with van der Waals surface area (Å²) in [5.74, 6) is -0.0796. The molecule has 5 heteroatoms. The van der Waals surface area contributed by atoms with Crippen molar-refractivity contribution < 1.29 is 4.79 Å². The molecule has 0 aliphatic heterocycles. The normalized spacial score (nSPS) is 10.4. The molecule has 0 unspecified atom stereocenters. The number of rotatable bonds is 4. The zero-order chi connectivity index (χ0) is 15.4. The summed E-state index contributed by atoms with van der Waals surface area (Å²) < 4.78 is 0. The third-order valence-corrected chi connectivity index (χ3v) is 3.44. The van der Waals surface area contributed by atoms with Crippen molar-refractivity contribution in [3.63, 3.8) is 0 Å². The van der Waals surface area contributed by atoms with E-state index >= 15 is 0 Å². The van der Waals surface area contributed by atoms with E-state index < -0.39 is 0 Å². The van der Waals surface area contributed by atoms with Crippen LogP contribution in [0.1, 0.15) is 5.56 Å². The summed E-state index contributed by atoms with van der Waals surface area (Å²) >= 11 is 5.93. The van der Waals surface area contributed by atoms with Crippen LogP contribution in [-0.4, -0.2) is 15.9 Å². The molecule has 1 aromatic heterocycles. The number of carbonyl (C=O) groups excluding carboxylic acids is 1. The van der Waals surface area contributed by atoms with Gasteiger partial charge in [0, 0.05) is 16.3 Å². The number of nitrogens with one attached hydrogen (secondary N) is 2. The van der Waals surface area contributed by atoms with Crippen molar-refractivity contribution in [3.8, 4) is 11.3 Å². The van der Waals surface area contributed by atoms with Gasteiger partial charge in [-0.1, -0.05) is 35.9 Å². The van der Waals surface area contributed by atoms with Gasteiger partial charge in [0.1, 0.15) is 0 Å². The van der Waals surface area contributed by atoms with E-state index in [4.69, 9.17) is 11.6 Å². The number of halogens is 1. The Balaban J connectivity index is 1.70. The minimum absolute atomic E-state index is 0.0796. The topological polar surface area (TPSA) is 57.8 Å². The zero-order valence-corrected chi connectivity index (χ0v) is 12.5. The third kappa shape index (κ3) is 3.54. The standard InChI is InChI=1S/C17H14ClN3O/c18-14-5-1-3-12(7-14)8-17(22)21-15-6-2-4-13(9-15)16-10-19-11-20-16/h1-7,9-11H,8H2,(H,19,20)(H,21,22). The largest absolute Gasteiger partial charge is 0.345 e. The molecule has 0 aliphatic carbocycles. The Morgan fingerprint density at radius 2 is 2.05 bits per heavy atom. The van der Waals surface area contributed by atoms with E-state index in [0.717, 1.165) is 22.5 Å². The van der Waals surface area contributed by atoms with Crippen LogP contribution in [0.3, 0.4) is 0 Å². The van der Waals surface area contributed by atoms with Crippen molar-refractivity contribution in [1.82, 2.24) is 9.97 Å². The van der Waals surface area contributed by atoms with Crippen molar-refractivity contribution in [2.45, 2.75) is 6.42 Å². The first-order valence-corrected chi connectivity index (χ1v) is 7.21. The van der Waals surface area contributed by atoms with Crippen LogP contribution in [0.4, 0.5) is 5.69 Å². The lowest BCUT2D eigenvalue weighted by Gasteiger charge is -2.07. The Morgan fingerprint density at radius 3 is 2.82 bits per heavy atom. The fourth-order valence-corrected chi connectivity index (χ4v) is 2.43. The number of hydrogen-bond acceptors (Lipinski definition) is 2. The molecule has 0 spiro atoms. The second-order valence-corrected chi connectivity index (χ2v) is 5.34. The number of benzene rings is 2. The molecule has 0 bridgehead atoms. The SMILES string of the molecule is O=C(Cc1cccc(Cl)c1)Nc1cccc(-c2cnc[nH]2)c1. The van der Waals surface area contributed by atoms with Gasteiger partial charge in [0.25, 0.3) is 0 Å². The van der Waals surface area contributed by atoms with Gasteiger partial charge in [0.15, 0.2) is 0 Å². The highest BCUT2D eigenvalue weighted by Gasteiger charge is 2.06. The highest BCUT2D eigenvalue weighted by atomic mass is 35.5. The minimum atomic E-state index is -0.0796. The van der Waals surface area contributed by atoms with Gasteiger partial charge in [-0.05, 0) is 29.8 Å². The number of anilines is 1. The maximum atomic E-state index is 12.1. The Kier molecular flexibility index (Phi) is 4.21. The molecule has 3 rings (SSSR count). The molecule has 0 radical (unpaired) electrons. The van der Waals surface area contributed by atoms with E-state index in [0.29, 0.717) is 5.02 Å².